The summed E-state index contributed by atoms with van der Waals surface area (Å²) < 4.78 is 5.49. The van der Waals surface area contributed by atoms with Crippen LogP contribution >= 0.6 is 0 Å². The molecule has 1 aromatic heterocycles. The number of aliphatic hydroxyl groups excluding tert-OH is 1. The fourth-order valence-corrected chi connectivity index (χ4v) is 2.95. The predicted octanol–water partition coefficient (Wildman–Crippen LogP) is 2.00. The standard InChI is InChI=1S/C19H25N5O3/c1-3-20-19(26)22-15-6-4-14(5-7-15)18-21-16(11-25)10-17(23-18)24-8-9-27-12-13(24)2/h4-7,10,13,25H,3,8-9,11-12H2,1-2H3,(H2,20,22,26)/t13-/m0/s1. The van der Waals surface area contributed by atoms with Crippen LogP contribution in [0.15, 0.2) is 30.3 Å². The number of rotatable bonds is 5. The number of hydrogen-bond acceptors (Lipinski definition) is 6. The Labute approximate surface area is 158 Å². The van der Waals surface area contributed by atoms with Crippen LogP contribution in [0, 0.1) is 0 Å². The molecule has 0 radical (unpaired) electrons. The van der Waals surface area contributed by atoms with Crippen molar-refractivity contribution in [2.45, 2.75) is 26.5 Å². The molecule has 2 heterocycles. The molecule has 3 N–H and O–H groups in total. The highest BCUT2D eigenvalue weighted by atomic mass is 16.5. The highest BCUT2D eigenvalue weighted by Crippen LogP contribution is 2.24. The maximum Gasteiger partial charge on any atom is 0.319 e. The Bertz CT molecular complexity index is 781. The van der Waals surface area contributed by atoms with Gasteiger partial charge < -0.3 is 25.4 Å². The number of amides is 2. The van der Waals surface area contributed by atoms with Crippen molar-refractivity contribution in [1.82, 2.24) is 15.3 Å². The number of urea groups is 1. The van der Waals surface area contributed by atoms with Crippen LogP contribution in [0.5, 0.6) is 0 Å². The zero-order valence-corrected chi connectivity index (χ0v) is 15.6. The molecule has 2 aromatic rings. The van der Waals surface area contributed by atoms with Crippen LogP contribution < -0.4 is 15.5 Å². The molecule has 1 fully saturated rings. The topological polar surface area (TPSA) is 99.6 Å². The first kappa shape index (κ1) is 19.1. The van der Waals surface area contributed by atoms with E-state index in [1.165, 1.54) is 0 Å². The van der Waals surface area contributed by atoms with Gasteiger partial charge in [0.05, 0.1) is 31.6 Å². The number of anilines is 2. The van der Waals surface area contributed by atoms with Crippen molar-refractivity contribution in [2.75, 3.05) is 36.5 Å². The predicted molar refractivity (Wildman–Crippen MR) is 104 cm³/mol. The number of ether oxygens (including phenoxy) is 1. The smallest absolute Gasteiger partial charge is 0.319 e. The fourth-order valence-electron chi connectivity index (χ4n) is 2.95. The van der Waals surface area contributed by atoms with E-state index < -0.39 is 0 Å². The summed E-state index contributed by atoms with van der Waals surface area (Å²) in [5.41, 5.74) is 2.07. The molecule has 8 heteroatoms. The zero-order valence-electron chi connectivity index (χ0n) is 15.6. The number of aromatic nitrogens is 2. The number of benzene rings is 1. The maximum absolute atomic E-state index is 11.6. The second-order valence-corrected chi connectivity index (χ2v) is 6.38. The monoisotopic (exact) mass is 371 g/mol. The molecule has 0 bridgehead atoms. The summed E-state index contributed by atoms with van der Waals surface area (Å²) in [7, 11) is 0. The number of nitrogens with zero attached hydrogens (tertiary/aromatic N) is 3. The molecule has 0 unspecified atom stereocenters. The summed E-state index contributed by atoms with van der Waals surface area (Å²) in [6.45, 7) is 6.40. The molecular formula is C19H25N5O3. The second-order valence-electron chi connectivity index (χ2n) is 6.38. The molecule has 0 aliphatic carbocycles. The van der Waals surface area contributed by atoms with Crippen molar-refractivity contribution in [2.24, 2.45) is 0 Å². The van der Waals surface area contributed by atoms with Gasteiger partial charge in [-0.25, -0.2) is 14.8 Å². The molecule has 144 valence electrons. The summed E-state index contributed by atoms with van der Waals surface area (Å²) in [6.07, 6.45) is 0. The van der Waals surface area contributed by atoms with Gasteiger partial charge in [-0.15, -0.1) is 0 Å². The molecule has 27 heavy (non-hydrogen) atoms. The third-order valence-electron chi connectivity index (χ3n) is 4.33. The molecule has 1 aliphatic heterocycles. The van der Waals surface area contributed by atoms with Crippen molar-refractivity contribution < 1.29 is 14.6 Å². The van der Waals surface area contributed by atoms with Gasteiger partial charge >= 0.3 is 6.03 Å². The lowest BCUT2D eigenvalue weighted by Crippen LogP contribution is -2.44. The van der Waals surface area contributed by atoms with E-state index in [9.17, 15) is 9.90 Å². The van der Waals surface area contributed by atoms with Gasteiger partial charge in [-0.2, -0.15) is 0 Å². The van der Waals surface area contributed by atoms with E-state index in [0.717, 1.165) is 17.9 Å². The third-order valence-corrected chi connectivity index (χ3v) is 4.33. The number of hydrogen-bond donors (Lipinski definition) is 3. The summed E-state index contributed by atoms with van der Waals surface area (Å²) >= 11 is 0. The highest BCUT2D eigenvalue weighted by Gasteiger charge is 2.21. The Morgan fingerprint density at radius 3 is 2.78 bits per heavy atom. The van der Waals surface area contributed by atoms with Crippen molar-refractivity contribution in [1.29, 1.82) is 0 Å². The lowest BCUT2D eigenvalue weighted by molar-refractivity contribution is 0.0985. The Balaban J connectivity index is 1.85. The highest BCUT2D eigenvalue weighted by molar-refractivity contribution is 5.89. The van der Waals surface area contributed by atoms with Crippen molar-refractivity contribution in [3.63, 3.8) is 0 Å². The molecule has 1 saturated heterocycles. The zero-order chi connectivity index (χ0) is 19.2. The Kier molecular flexibility index (Phi) is 6.20. The van der Waals surface area contributed by atoms with Gasteiger partial charge in [0.25, 0.3) is 0 Å². The maximum atomic E-state index is 11.6. The summed E-state index contributed by atoms with van der Waals surface area (Å²) in [4.78, 5) is 22.9. The molecule has 0 saturated carbocycles. The van der Waals surface area contributed by atoms with Crippen LogP contribution in [-0.2, 0) is 11.3 Å². The first-order valence-corrected chi connectivity index (χ1v) is 9.09. The van der Waals surface area contributed by atoms with Gasteiger partial charge in [0.2, 0.25) is 0 Å². The minimum atomic E-state index is -0.243. The van der Waals surface area contributed by atoms with E-state index >= 15 is 0 Å². The van der Waals surface area contributed by atoms with E-state index in [0.29, 0.717) is 37.0 Å². The van der Waals surface area contributed by atoms with Gasteiger partial charge in [-0.3, -0.25) is 0 Å². The van der Waals surface area contributed by atoms with Crippen LogP contribution in [0.25, 0.3) is 11.4 Å². The van der Waals surface area contributed by atoms with Crippen LogP contribution in [0.2, 0.25) is 0 Å². The molecule has 3 rings (SSSR count). The van der Waals surface area contributed by atoms with Crippen LogP contribution in [-0.4, -0.2) is 53.5 Å². The summed E-state index contributed by atoms with van der Waals surface area (Å²) in [5, 5.41) is 15.0. The van der Waals surface area contributed by atoms with Gasteiger partial charge in [0.1, 0.15) is 5.82 Å². The van der Waals surface area contributed by atoms with E-state index in [1.54, 1.807) is 12.1 Å². The first-order valence-electron chi connectivity index (χ1n) is 9.09. The van der Waals surface area contributed by atoms with Crippen LogP contribution in [0.4, 0.5) is 16.3 Å². The van der Waals surface area contributed by atoms with E-state index in [4.69, 9.17) is 9.72 Å². The number of morpholine rings is 1. The normalized spacial score (nSPS) is 16.9. The number of aliphatic hydroxyl groups is 1. The molecule has 1 aliphatic rings. The molecular weight excluding hydrogens is 346 g/mol. The first-order chi connectivity index (χ1) is 13.1. The fraction of sp³-hybridized carbons (Fsp3) is 0.421. The Morgan fingerprint density at radius 2 is 2.11 bits per heavy atom. The average Bonchev–Trinajstić information content (AvgIpc) is 2.68. The van der Waals surface area contributed by atoms with E-state index in [1.807, 2.05) is 25.1 Å². The largest absolute Gasteiger partial charge is 0.390 e. The molecule has 8 nitrogen and oxygen atoms in total. The number of nitrogens with one attached hydrogen (secondary N) is 2. The minimum Gasteiger partial charge on any atom is -0.390 e. The second kappa shape index (κ2) is 8.79. The van der Waals surface area contributed by atoms with Gasteiger partial charge in [0.15, 0.2) is 5.82 Å². The summed E-state index contributed by atoms with van der Waals surface area (Å²) in [6, 6.07) is 9.09. The average molecular weight is 371 g/mol. The van der Waals surface area contributed by atoms with Crippen molar-refractivity contribution in [3.8, 4) is 11.4 Å². The number of carbonyl (C=O) groups excluding carboxylic acids is 1. The van der Waals surface area contributed by atoms with Gasteiger partial charge in [-0.05, 0) is 38.1 Å². The summed E-state index contributed by atoms with van der Waals surface area (Å²) in [5.74, 6) is 1.32. The van der Waals surface area contributed by atoms with E-state index in [-0.39, 0.29) is 18.7 Å². The van der Waals surface area contributed by atoms with Crippen LogP contribution in [0.3, 0.4) is 0 Å². The van der Waals surface area contributed by atoms with Crippen LogP contribution in [0.1, 0.15) is 19.5 Å². The molecule has 2 amide bonds. The quantitative estimate of drug-likeness (QED) is 0.743. The Morgan fingerprint density at radius 1 is 1.33 bits per heavy atom. The van der Waals surface area contributed by atoms with Gasteiger partial charge in [-0.1, -0.05) is 0 Å². The lowest BCUT2D eigenvalue weighted by atomic mass is 10.2. The molecule has 0 spiro atoms. The van der Waals surface area contributed by atoms with E-state index in [2.05, 4.69) is 27.4 Å². The van der Waals surface area contributed by atoms with Crippen molar-refractivity contribution >= 4 is 17.5 Å². The Hall–Kier alpha value is -2.71. The third kappa shape index (κ3) is 4.72. The van der Waals surface area contributed by atoms with Gasteiger partial charge in [0, 0.05) is 30.4 Å². The minimum absolute atomic E-state index is 0.155. The lowest BCUT2D eigenvalue weighted by Gasteiger charge is -2.34. The molecule has 1 aromatic carbocycles. The SMILES string of the molecule is CCNC(=O)Nc1ccc(-c2nc(CO)cc(N3CCOC[C@@H]3C)n2)cc1. The van der Waals surface area contributed by atoms with Crippen molar-refractivity contribution in [3.05, 3.63) is 36.0 Å². The number of carbonyl (C=O) groups is 1. The molecule has 1 atom stereocenters.